The zero-order valence-electron chi connectivity index (χ0n) is 10.3. The number of ether oxygens (including phenoxy) is 2. The van der Waals surface area contributed by atoms with Gasteiger partial charge in [-0.1, -0.05) is 11.6 Å². The minimum Gasteiger partial charge on any atom is -0.493 e. The molecular formula is C13H17ClO3. The molecule has 1 aromatic carbocycles. The molecule has 0 atom stereocenters. The van der Waals surface area contributed by atoms with Gasteiger partial charge in [-0.2, -0.15) is 0 Å². The van der Waals surface area contributed by atoms with Gasteiger partial charge in [-0.25, -0.2) is 0 Å². The van der Waals surface area contributed by atoms with Gasteiger partial charge in [0.1, 0.15) is 5.75 Å². The Bertz CT molecular complexity index is 388. The van der Waals surface area contributed by atoms with E-state index >= 15 is 0 Å². The third-order valence-corrected chi connectivity index (χ3v) is 2.85. The molecule has 0 aliphatic carbocycles. The smallest absolute Gasteiger partial charge is 0.153 e. The first-order chi connectivity index (χ1) is 7.98. The second-order valence-electron chi connectivity index (χ2n) is 4.36. The molecule has 4 heteroatoms. The van der Waals surface area contributed by atoms with E-state index in [-0.39, 0.29) is 5.60 Å². The Morgan fingerprint density at radius 2 is 2.12 bits per heavy atom. The molecule has 1 rings (SSSR count). The van der Waals surface area contributed by atoms with Crippen molar-refractivity contribution in [3.63, 3.8) is 0 Å². The van der Waals surface area contributed by atoms with Gasteiger partial charge in [-0.3, -0.25) is 4.79 Å². The Morgan fingerprint density at radius 3 is 2.71 bits per heavy atom. The first kappa shape index (κ1) is 14.0. The first-order valence-electron chi connectivity index (χ1n) is 5.41. The molecule has 0 aliphatic heterocycles. The molecule has 0 N–H and O–H groups in total. The van der Waals surface area contributed by atoms with Crippen LogP contribution in [-0.4, -0.2) is 25.6 Å². The maximum absolute atomic E-state index is 10.8. The minimum absolute atomic E-state index is 0.228. The number of hydrogen-bond acceptors (Lipinski definition) is 3. The van der Waals surface area contributed by atoms with Gasteiger partial charge in [0.25, 0.3) is 0 Å². The Morgan fingerprint density at radius 1 is 1.41 bits per heavy atom. The molecule has 3 nitrogen and oxygen atoms in total. The van der Waals surface area contributed by atoms with Crippen LogP contribution in [0.5, 0.6) is 5.75 Å². The fraction of sp³-hybridized carbons (Fsp3) is 0.462. The molecule has 0 bridgehead atoms. The summed E-state index contributed by atoms with van der Waals surface area (Å²) in [6.07, 6.45) is 1.48. The molecular weight excluding hydrogens is 240 g/mol. The molecule has 0 saturated carbocycles. The van der Waals surface area contributed by atoms with Crippen molar-refractivity contribution in [2.45, 2.75) is 25.9 Å². The predicted octanol–water partition coefficient (Wildman–Crippen LogP) is 3.35. The summed E-state index contributed by atoms with van der Waals surface area (Å²) in [6, 6.07) is 4.99. The fourth-order valence-corrected chi connectivity index (χ4v) is 1.43. The van der Waals surface area contributed by atoms with E-state index in [0.29, 0.717) is 22.9 Å². The molecule has 0 radical (unpaired) electrons. The quantitative estimate of drug-likeness (QED) is 0.733. The van der Waals surface area contributed by atoms with Crippen LogP contribution in [0.2, 0.25) is 5.02 Å². The molecule has 1 aromatic rings. The third kappa shape index (κ3) is 4.36. The zero-order chi connectivity index (χ0) is 12.9. The molecule has 94 valence electrons. The maximum atomic E-state index is 10.8. The molecule has 0 saturated heterocycles. The Hall–Kier alpha value is -1.06. The van der Waals surface area contributed by atoms with Crippen LogP contribution in [0, 0.1) is 0 Å². The van der Waals surface area contributed by atoms with Crippen molar-refractivity contribution in [1.82, 2.24) is 0 Å². The van der Waals surface area contributed by atoms with Crippen LogP contribution in [-0.2, 0) is 4.74 Å². The summed E-state index contributed by atoms with van der Waals surface area (Å²) in [5, 5.41) is 0.525. The fourth-order valence-electron chi connectivity index (χ4n) is 1.25. The van der Waals surface area contributed by atoms with Crippen molar-refractivity contribution in [2.75, 3.05) is 13.7 Å². The molecule has 17 heavy (non-hydrogen) atoms. The van der Waals surface area contributed by atoms with Gasteiger partial charge in [0.15, 0.2) is 6.29 Å². The van der Waals surface area contributed by atoms with Gasteiger partial charge >= 0.3 is 0 Å². The van der Waals surface area contributed by atoms with Crippen LogP contribution in [0.4, 0.5) is 0 Å². The standard InChI is InChI=1S/C13H17ClO3/c1-13(2,16-3)6-7-17-12-5-4-11(14)8-10(12)9-15/h4-5,8-9H,6-7H2,1-3H3. The molecule has 0 fully saturated rings. The van der Waals surface area contributed by atoms with Crippen molar-refractivity contribution in [3.05, 3.63) is 28.8 Å². The highest BCUT2D eigenvalue weighted by Crippen LogP contribution is 2.22. The van der Waals surface area contributed by atoms with Crippen molar-refractivity contribution < 1.29 is 14.3 Å². The lowest BCUT2D eigenvalue weighted by molar-refractivity contribution is 0.00542. The second kappa shape index (κ2) is 6.03. The number of benzene rings is 1. The maximum Gasteiger partial charge on any atom is 0.153 e. The van der Waals surface area contributed by atoms with Crippen LogP contribution < -0.4 is 4.74 Å². The van der Waals surface area contributed by atoms with E-state index in [9.17, 15) is 4.79 Å². The number of rotatable bonds is 6. The monoisotopic (exact) mass is 256 g/mol. The summed E-state index contributed by atoms with van der Waals surface area (Å²) >= 11 is 5.79. The second-order valence-corrected chi connectivity index (χ2v) is 4.80. The lowest BCUT2D eigenvalue weighted by Gasteiger charge is -2.22. The summed E-state index contributed by atoms with van der Waals surface area (Å²) in [5.74, 6) is 0.552. The van der Waals surface area contributed by atoms with Crippen LogP contribution in [0.25, 0.3) is 0 Å². The van der Waals surface area contributed by atoms with Crippen molar-refractivity contribution in [1.29, 1.82) is 0 Å². The van der Waals surface area contributed by atoms with E-state index in [1.165, 1.54) is 0 Å². The average molecular weight is 257 g/mol. The van der Waals surface area contributed by atoms with E-state index in [1.807, 2.05) is 13.8 Å². The molecule has 0 heterocycles. The molecule has 0 spiro atoms. The van der Waals surface area contributed by atoms with Crippen molar-refractivity contribution >= 4 is 17.9 Å². The van der Waals surface area contributed by atoms with E-state index in [0.717, 1.165) is 12.7 Å². The number of hydrogen-bond donors (Lipinski definition) is 0. The normalized spacial score (nSPS) is 11.3. The molecule has 0 aliphatic rings. The average Bonchev–Trinajstić information content (AvgIpc) is 2.30. The Kier molecular flexibility index (Phi) is 4.97. The lowest BCUT2D eigenvalue weighted by Crippen LogP contribution is -2.25. The van der Waals surface area contributed by atoms with Crippen LogP contribution in [0.1, 0.15) is 30.6 Å². The predicted molar refractivity (Wildman–Crippen MR) is 68.0 cm³/mol. The SMILES string of the molecule is COC(C)(C)CCOc1ccc(Cl)cc1C=O. The van der Waals surface area contributed by atoms with Crippen LogP contribution >= 0.6 is 11.6 Å². The van der Waals surface area contributed by atoms with E-state index in [4.69, 9.17) is 21.1 Å². The minimum atomic E-state index is -0.228. The molecule has 0 amide bonds. The van der Waals surface area contributed by atoms with Crippen molar-refractivity contribution in [3.8, 4) is 5.75 Å². The lowest BCUT2D eigenvalue weighted by atomic mass is 10.1. The van der Waals surface area contributed by atoms with Gasteiger partial charge < -0.3 is 9.47 Å². The van der Waals surface area contributed by atoms with Gasteiger partial charge in [-0.15, -0.1) is 0 Å². The van der Waals surface area contributed by atoms with Crippen LogP contribution in [0.15, 0.2) is 18.2 Å². The van der Waals surface area contributed by atoms with Gasteiger partial charge in [0.05, 0.1) is 17.8 Å². The highest BCUT2D eigenvalue weighted by Gasteiger charge is 2.16. The van der Waals surface area contributed by atoms with Gasteiger partial charge in [0, 0.05) is 18.6 Å². The topological polar surface area (TPSA) is 35.5 Å². The number of carbonyl (C=O) groups excluding carboxylic acids is 1. The summed E-state index contributed by atoms with van der Waals surface area (Å²) in [7, 11) is 1.67. The summed E-state index contributed by atoms with van der Waals surface area (Å²) in [6.45, 7) is 4.46. The zero-order valence-corrected chi connectivity index (χ0v) is 11.1. The molecule has 0 aromatic heterocycles. The number of carbonyl (C=O) groups is 1. The number of aldehydes is 1. The Balaban J connectivity index is 2.60. The van der Waals surface area contributed by atoms with E-state index < -0.39 is 0 Å². The van der Waals surface area contributed by atoms with Gasteiger partial charge in [-0.05, 0) is 32.0 Å². The number of methoxy groups -OCH3 is 1. The largest absolute Gasteiger partial charge is 0.493 e. The van der Waals surface area contributed by atoms with Crippen LogP contribution in [0.3, 0.4) is 0 Å². The number of halogens is 1. The summed E-state index contributed by atoms with van der Waals surface area (Å²) < 4.78 is 10.8. The third-order valence-electron chi connectivity index (χ3n) is 2.61. The highest BCUT2D eigenvalue weighted by molar-refractivity contribution is 6.30. The summed E-state index contributed by atoms with van der Waals surface area (Å²) in [5.41, 5.74) is 0.237. The van der Waals surface area contributed by atoms with E-state index in [1.54, 1.807) is 25.3 Å². The van der Waals surface area contributed by atoms with E-state index in [2.05, 4.69) is 0 Å². The first-order valence-corrected chi connectivity index (χ1v) is 5.79. The Labute approximate surface area is 107 Å². The van der Waals surface area contributed by atoms with Crippen molar-refractivity contribution in [2.24, 2.45) is 0 Å². The highest BCUT2D eigenvalue weighted by atomic mass is 35.5. The van der Waals surface area contributed by atoms with Gasteiger partial charge in [0.2, 0.25) is 0 Å². The summed E-state index contributed by atoms with van der Waals surface area (Å²) in [4.78, 5) is 10.8. The molecule has 0 unspecified atom stereocenters.